The van der Waals surface area contributed by atoms with Crippen molar-refractivity contribution in [2.45, 2.75) is 20.8 Å². The minimum absolute atomic E-state index is 0.0420. The highest BCUT2D eigenvalue weighted by atomic mass is 16.5. The largest absolute Gasteiger partial charge is 0.465 e. The van der Waals surface area contributed by atoms with Crippen molar-refractivity contribution in [3.8, 4) is 0 Å². The zero-order valence-corrected chi connectivity index (χ0v) is 12.3. The number of benzene rings is 1. The van der Waals surface area contributed by atoms with Gasteiger partial charge in [-0.15, -0.1) is 0 Å². The van der Waals surface area contributed by atoms with E-state index in [0.29, 0.717) is 24.4 Å². The Hall–Kier alpha value is -2.04. The van der Waals surface area contributed by atoms with E-state index in [1.807, 2.05) is 13.8 Å². The molecule has 1 aromatic carbocycles. The maximum atomic E-state index is 12.4. The van der Waals surface area contributed by atoms with E-state index in [-0.39, 0.29) is 18.4 Å². The molecule has 0 radical (unpaired) electrons. The van der Waals surface area contributed by atoms with Gasteiger partial charge in [-0.05, 0) is 31.0 Å². The fourth-order valence-electron chi connectivity index (χ4n) is 1.88. The van der Waals surface area contributed by atoms with Gasteiger partial charge in [0.15, 0.2) is 0 Å². The van der Waals surface area contributed by atoms with E-state index < -0.39 is 5.97 Å². The fraction of sp³-hybridized carbons (Fsp3) is 0.467. The van der Waals surface area contributed by atoms with Crippen LogP contribution in [0.25, 0.3) is 0 Å². The van der Waals surface area contributed by atoms with Crippen LogP contribution in [-0.2, 0) is 9.53 Å². The summed E-state index contributed by atoms with van der Waals surface area (Å²) in [4.78, 5) is 25.5. The molecule has 0 spiro atoms. The maximum Gasteiger partial charge on any atom is 0.325 e. The summed E-state index contributed by atoms with van der Waals surface area (Å²) >= 11 is 0. The highest BCUT2D eigenvalue weighted by molar-refractivity contribution is 5.96. The van der Waals surface area contributed by atoms with Crippen LogP contribution in [0.1, 0.15) is 31.1 Å². The zero-order chi connectivity index (χ0) is 15.1. The third-order valence-electron chi connectivity index (χ3n) is 2.63. The first kappa shape index (κ1) is 16.0. The Kier molecular flexibility index (Phi) is 6.03. The minimum atomic E-state index is -0.398. The highest BCUT2D eigenvalue weighted by Crippen LogP contribution is 2.11. The fourth-order valence-corrected chi connectivity index (χ4v) is 1.88. The van der Waals surface area contributed by atoms with Crippen LogP contribution >= 0.6 is 0 Å². The van der Waals surface area contributed by atoms with E-state index in [4.69, 9.17) is 10.5 Å². The number of hydrogen-bond acceptors (Lipinski definition) is 4. The molecule has 0 fully saturated rings. The normalized spacial score (nSPS) is 10.4. The van der Waals surface area contributed by atoms with Crippen molar-refractivity contribution in [1.82, 2.24) is 4.90 Å². The van der Waals surface area contributed by atoms with E-state index in [0.717, 1.165) is 0 Å². The molecule has 0 bridgehead atoms. The van der Waals surface area contributed by atoms with Crippen LogP contribution in [0.4, 0.5) is 5.69 Å². The molecule has 110 valence electrons. The van der Waals surface area contributed by atoms with Crippen molar-refractivity contribution in [3.05, 3.63) is 29.8 Å². The average molecular weight is 278 g/mol. The Labute approximate surface area is 119 Å². The number of nitrogens with two attached hydrogens (primary N) is 1. The van der Waals surface area contributed by atoms with Crippen molar-refractivity contribution >= 4 is 17.6 Å². The number of hydrogen-bond donors (Lipinski definition) is 1. The summed E-state index contributed by atoms with van der Waals surface area (Å²) in [5.74, 6) is -0.348. The van der Waals surface area contributed by atoms with E-state index in [1.54, 1.807) is 31.2 Å². The van der Waals surface area contributed by atoms with Crippen LogP contribution in [0.2, 0.25) is 0 Å². The van der Waals surface area contributed by atoms with Gasteiger partial charge < -0.3 is 15.4 Å². The maximum absolute atomic E-state index is 12.4. The number of amides is 1. The first-order chi connectivity index (χ1) is 9.43. The molecule has 20 heavy (non-hydrogen) atoms. The molecule has 0 aliphatic carbocycles. The quantitative estimate of drug-likeness (QED) is 0.637. The number of nitrogens with zero attached hydrogens (tertiary/aromatic N) is 1. The highest BCUT2D eigenvalue weighted by Gasteiger charge is 2.20. The molecule has 0 aromatic heterocycles. The Morgan fingerprint density at radius 1 is 1.35 bits per heavy atom. The Bertz CT molecular complexity index is 472. The lowest BCUT2D eigenvalue weighted by molar-refractivity contribution is -0.143. The SMILES string of the molecule is CCOC(=O)CN(CC(C)C)C(=O)c1cccc(N)c1. The number of ether oxygens (including phenoxy) is 1. The Morgan fingerprint density at radius 3 is 2.60 bits per heavy atom. The second kappa shape index (κ2) is 7.53. The van der Waals surface area contributed by atoms with Gasteiger partial charge in [0.05, 0.1) is 6.61 Å². The zero-order valence-electron chi connectivity index (χ0n) is 12.3. The van der Waals surface area contributed by atoms with Crippen molar-refractivity contribution < 1.29 is 14.3 Å². The van der Waals surface area contributed by atoms with Gasteiger partial charge in [-0.1, -0.05) is 19.9 Å². The summed E-state index contributed by atoms with van der Waals surface area (Å²) in [6, 6.07) is 6.74. The molecule has 5 heteroatoms. The summed E-state index contributed by atoms with van der Waals surface area (Å²) in [5.41, 5.74) is 6.69. The monoisotopic (exact) mass is 278 g/mol. The minimum Gasteiger partial charge on any atom is -0.465 e. The molecule has 1 rings (SSSR count). The second-order valence-corrected chi connectivity index (χ2v) is 5.01. The van der Waals surface area contributed by atoms with Gasteiger partial charge in [-0.25, -0.2) is 0 Å². The molecule has 0 unspecified atom stereocenters. The van der Waals surface area contributed by atoms with Gasteiger partial charge in [-0.3, -0.25) is 9.59 Å². The summed E-state index contributed by atoms with van der Waals surface area (Å²) in [5, 5.41) is 0. The number of esters is 1. The first-order valence-electron chi connectivity index (χ1n) is 6.74. The van der Waals surface area contributed by atoms with Crippen LogP contribution in [0, 0.1) is 5.92 Å². The number of nitrogen functional groups attached to an aromatic ring is 1. The first-order valence-corrected chi connectivity index (χ1v) is 6.74. The van der Waals surface area contributed by atoms with Crippen LogP contribution in [0.15, 0.2) is 24.3 Å². The predicted octanol–water partition coefficient (Wildman–Crippen LogP) is 1.93. The molecule has 0 saturated heterocycles. The van der Waals surface area contributed by atoms with Crippen molar-refractivity contribution in [2.24, 2.45) is 5.92 Å². The van der Waals surface area contributed by atoms with E-state index in [1.165, 1.54) is 4.90 Å². The predicted molar refractivity (Wildman–Crippen MR) is 78.2 cm³/mol. The Morgan fingerprint density at radius 2 is 2.05 bits per heavy atom. The second-order valence-electron chi connectivity index (χ2n) is 5.01. The molecule has 0 heterocycles. The van der Waals surface area contributed by atoms with Crippen LogP contribution in [0.5, 0.6) is 0 Å². The van der Waals surface area contributed by atoms with Crippen LogP contribution in [-0.4, -0.2) is 36.5 Å². The van der Waals surface area contributed by atoms with Gasteiger partial charge in [0.2, 0.25) is 0 Å². The van der Waals surface area contributed by atoms with Crippen LogP contribution < -0.4 is 5.73 Å². The Balaban J connectivity index is 2.86. The lowest BCUT2D eigenvalue weighted by atomic mass is 10.1. The molecule has 1 aromatic rings. The van der Waals surface area contributed by atoms with Gasteiger partial charge in [0, 0.05) is 17.8 Å². The topological polar surface area (TPSA) is 72.6 Å². The standard InChI is InChI=1S/C15H22N2O3/c1-4-20-14(18)10-17(9-11(2)3)15(19)12-6-5-7-13(16)8-12/h5-8,11H,4,9-10,16H2,1-3H3. The number of rotatable bonds is 6. The molecular weight excluding hydrogens is 256 g/mol. The molecule has 5 nitrogen and oxygen atoms in total. The van der Waals surface area contributed by atoms with E-state index >= 15 is 0 Å². The summed E-state index contributed by atoms with van der Waals surface area (Å²) in [6.07, 6.45) is 0. The van der Waals surface area contributed by atoms with E-state index in [2.05, 4.69) is 0 Å². The lowest BCUT2D eigenvalue weighted by Crippen LogP contribution is -2.39. The molecule has 0 aliphatic rings. The van der Waals surface area contributed by atoms with Gasteiger partial charge >= 0.3 is 5.97 Å². The number of carbonyl (C=O) groups is 2. The van der Waals surface area contributed by atoms with Gasteiger partial charge in [0.25, 0.3) is 5.91 Å². The molecule has 1 amide bonds. The molecule has 0 saturated carbocycles. The average Bonchev–Trinajstić information content (AvgIpc) is 2.37. The summed E-state index contributed by atoms with van der Waals surface area (Å²) in [6.45, 7) is 6.48. The van der Waals surface area contributed by atoms with Gasteiger partial charge in [-0.2, -0.15) is 0 Å². The molecule has 0 aliphatic heterocycles. The number of anilines is 1. The number of carbonyl (C=O) groups excluding carboxylic acids is 2. The summed E-state index contributed by atoms with van der Waals surface area (Å²) < 4.78 is 4.91. The van der Waals surface area contributed by atoms with Gasteiger partial charge in [0.1, 0.15) is 6.54 Å². The third kappa shape index (κ3) is 4.91. The lowest BCUT2D eigenvalue weighted by Gasteiger charge is -2.23. The smallest absolute Gasteiger partial charge is 0.325 e. The molecular formula is C15H22N2O3. The molecule has 2 N–H and O–H groups in total. The summed E-state index contributed by atoms with van der Waals surface area (Å²) in [7, 11) is 0. The van der Waals surface area contributed by atoms with Crippen LogP contribution in [0.3, 0.4) is 0 Å². The molecule has 0 atom stereocenters. The van der Waals surface area contributed by atoms with Crippen molar-refractivity contribution in [1.29, 1.82) is 0 Å². The van der Waals surface area contributed by atoms with Crippen molar-refractivity contribution in [2.75, 3.05) is 25.4 Å². The van der Waals surface area contributed by atoms with Crippen molar-refractivity contribution in [3.63, 3.8) is 0 Å². The van der Waals surface area contributed by atoms with E-state index in [9.17, 15) is 9.59 Å². The third-order valence-corrected chi connectivity index (χ3v) is 2.63.